The van der Waals surface area contributed by atoms with Gasteiger partial charge in [-0.3, -0.25) is 4.79 Å². The molecular formula is C22H13Cl2FO3. The Morgan fingerprint density at radius 3 is 2.50 bits per heavy atom. The highest BCUT2D eigenvalue weighted by atomic mass is 35.5. The van der Waals surface area contributed by atoms with Crippen molar-refractivity contribution in [2.75, 3.05) is 0 Å². The molecule has 3 nitrogen and oxygen atoms in total. The van der Waals surface area contributed by atoms with Crippen LogP contribution in [0, 0.1) is 5.82 Å². The molecule has 1 aliphatic rings. The first kappa shape index (κ1) is 18.5. The van der Waals surface area contributed by atoms with Crippen molar-refractivity contribution in [3.8, 4) is 11.5 Å². The summed E-state index contributed by atoms with van der Waals surface area (Å²) < 4.78 is 24.5. The quantitative estimate of drug-likeness (QED) is 0.468. The van der Waals surface area contributed by atoms with Gasteiger partial charge in [0.1, 0.15) is 23.9 Å². The smallest absolute Gasteiger partial charge is 0.231 e. The second-order valence-electron chi connectivity index (χ2n) is 6.19. The van der Waals surface area contributed by atoms with Crippen LogP contribution in [0.2, 0.25) is 10.0 Å². The Kier molecular flexibility index (Phi) is 5.07. The average Bonchev–Trinajstić information content (AvgIpc) is 2.99. The molecule has 1 heterocycles. The molecule has 0 bridgehead atoms. The van der Waals surface area contributed by atoms with Crippen molar-refractivity contribution in [1.29, 1.82) is 0 Å². The van der Waals surface area contributed by atoms with Gasteiger partial charge in [0.15, 0.2) is 5.76 Å². The minimum absolute atomic E-state index is 0.184. The molecule has 3 aromatic carbocycles. The maximum Gasteiger partial charge on any atom is 0.231 e. The van der Waals surface area contributed by atoms with Gasteiger partial charge in [0.05, 0.1) is 15.6 Å². The van der Waals surface area contributed by atoms with Crippen LogP contribution in [0.3, 0.4) is 0 Å². The largest absolute Gasteiger partial charge is 0.489 e. The third kappa shape index (κ3) is 3.88. The van der Waals surface area contributed by atoms with Crippen molar-refractivity contribution in [3.63, 3.8) is 0 Å². The summed E-state index contributed by atoms with van der Waals surface area (Å²) in [5.41, 5.74) is 1.99. The molecule has 0 fully saturated rings. The minimum Gasteiger partial charge on any atom is -0.489 e. The summed E-state index contributed by atoms with van der Waals surface area (Å²) in [5, 5.41) is 0.941. The molecule has 3 aromatic rings. The maximum atomic E-state index is 13.0. The number of benzene rings is 3. The monoisotopic (exact) mass is 414 g/mol. The highest BCUT2D eigenvalue weighted by Gasteiger charge is 2.27. The lowest BCUT2D eigenvalue weighted by Crippen LogP contribution is -1.98. The van der Waals surface area contributed by atoms with Crippen molar-refractivity contribution in [3.05, 3.63) is 99.0 Å². The van der Waals surface area contributed by atoms with Gasteiger partial charge in [0.2, 0.25) is 5.78 Å². The van der Waals surface area contributed by atoms with Gasteiger partial charge < -0.3 is 9.47 Å². The first-order valence-electron chi connectivity index (χ1n) is 8.40. The van der Waals surface area contributed by atoms with E-state index in [0.29, 0.717) is 39.3 Å². The van der Waals surface area contributed by atoms with E-state index in [1.165, 1.54) is 12.1 Å². The van der Waals surface area contributed by atoms with E-state index >= 15 is 0 Å². The number of carbonyl (C=O) groups excluding carboxylic acids is 1. The van der Waals surface area contributed by atoms with Gasteiger partial charge in [-0.1, -0.05) is 41.4 Å². The normalized spacial score (nSPS) is 14.1. The number of ether oxygens (including phenoxy) is 2. The molecule has 0 radical (unpaired) electrons. The summed E-state index contributed by atoms with van der Waals surface area (Å²) in [6.45, 7) is 0.294. The summed E-state index contributed by atoms with van der Waals surface area (Å²) in [5.74, 6) is 0.595. The van der Waals surface area contributed by atoms with E-state index in [0.717, 1.165) is 5.56 Å². The molecule has 0 amide bonds. The van der Waals surface area contributed by atoms with Crippen LogP contribution in [0.25, 0.3) is 6.08 Å². The molecule has 140 valence electrons. The number of carbonyl (C=O) groups is 1. The van der Waals surface area contributed by atoms with E-state index in [-0.39, 0.29) is 17.4 Å². The lowest BCUT2D eigenvalue weighted by Gasteiger charge is -2.08. The molecule has 0 spiro atoms. The van der Waals surface area contributed by atoms with Gasteiger partial charge in [-0.05, 0) is 53.6 Å². The fourth-order valence-electron chi connectivity index (χ4n) is 2.76. The van der Waals surface area contributed by atoms with E-state index < -0.39 is 0 Å². The second kappa shape index (κ2) is 7.66. The molecule has 6 heteroatoms. The molecule has 28 heavy (non-hydrogen) atoms. The van der Waals surface area contributed by atoms with Gasteiger partial charge >= 0.3 is 0 Å². The Hall–Kier alpha value is -2.82. The number of ketones is 1. The van der Waals surface area contributed by atoms with Crippen LogP contribution < -0.4 is 9.47 Å². The van der Waals surface area contributed by atoms with Crippen molar-refractivity contribution in [2.45, 2.75) is 6.61 Å². The van der Waals surface area contributed by atoms with E-state index in [4.69, 9.17) is 32.7 Å². The molecule has 0 aliphatic carbocycles. The molecule has 0 saturated carbocycles. The van der Waals surface area contributed by atoms with E-state index in [9.17, 15) is 9.18 Å². The number of rotatable bonds is 4. The lowest BCUT2D eigenvalue weighted by molar-refractivity contribution is 0.101. The van der Waals surface area contributed by atoms with Crippen molar-refractivity contribution < 1.29 is 18.7 Å². The lowest BCUT2D eigenvalue weighted by atomic mass is 10.1. The van der Waals surface area contributed by atoms with Gasteiger partial charge in [0, 0.05) is 6.07 Å². The number of hydrogen-bond acceptors (Lipinski definition) is 3. The van der Waals surface area contributed by atoms with Crippen LogP contribution in [0.1, 0.15) is 21.5 Å². The predicted octanol–water partition coefficient (Wildman–Crippen LogP) is 6.33. The fraction of sp³-hybridized carbons (Fsp3) is 0.0455. The van der Waals surface area contributed by atoms with Crippen LogP contribution in [0.15, 0.2) is 66.4 Å². The second-order valence-corrected chi connectivity index (χ2v) is 7.00. The highest BCUT2D eigenvalue weighted by molar-refractivity contribution is 6.42. The molecule has 0 unspecified atom stereocenters. The van der Waals surface area contributed by atoms with Crippen LogP contribution in [0.5, 0.6) is 11.5 Å². The Morgan fingerprint density at radius 2 is 1.75 bits per heavy atom. The molecule has 4 rings (SSSR count). The van der Waals surface area contributed by atoms with Crippen LogP contribution in [-0.2, 0) is 6.61 Å². The van der Waals surface area contributed by atoms with Crippen molar-refractivity contribution in [2.24, 2.45) is 0 Å². The van der Waals surface area contributed by atoms with Crippen LogP contribution in [-0.4, -0.2) is 5.78 Å². The number of hydrogen-bond donors (Lipinski definition) is 0. The minimum atomic E-state index is -0.340. The summed E-state index contributed by atoms with van der Waals surface area (Å²) in [7, 11) is 0. The predicted molar refractivity (Wildman–Crippen MR) is 107 cm³/mol. The summed E-state index contributed by atoms with van der Waals surface area (Å²) in [4.78, 5) is 12.5. The molecule has 0 aromatic heterocycles. The maximum absolute atomic E-state index is 13.0. The summed E-state index contributed by atoms with van der Waals surface area (Å²) in [6.07, 6.45) is 1.58. The Morgan fingerprint density at radius 1 is 0.964 bits per heavy atom. The van der Waals surface area contributed by atoms with Crippen molar-refractivity contribution in [1.82, 2.24) is 0 Å². The summed E-state index contributed by atoms with van der Waals surface area (Å²) >= 11 is 11.9. The number of allylic oxidation sites excluding steroid dienone is 1. The Balaban J connectivity index is 1.50. The first-order valence-corrected chi connectivity index (χ1v) is 9.16. The SMILES string of the molecule is O=C1C(=Cc2ccc(F)cc2)Oc2cc(OCc3ccc(Cl)c(Cl)c3)ccc21. The molecule has 0 saturated heterocycles. The third-order valence-corrected chi connectivity index (χ3v) is 4.94. The Labute approximate surface area is 170 Å². The highest BCUT2D eigenvalue weighted by Crippen LogP contribution is 2.35. The zero-order valence-corrected chi connectivity index (χ0v) is 15.9. The average molecular weight is 415 g/mol. The van der Waals surface area contributed by atoms with Gasteiger partial charge in [-0.2, -0.15) is 0 Å². The van der Waals surface area contributed by atoms with Crippen LogP contribution >= 0.6 is 23.2 Å². The molecule has 0 atom stereocenters. The molecule has 1 aliphatic heterocycles. The van der Waals surface area contributed by atoms with Crippen LogP contribution in [0.4, 0.5) is 4.39 Å². The van der Waals surface area contributed by atoms with Gasteiger partial charge in [0.25, 0.3) is 0 Å². The zero-order valence-electron chi connectivity index (χ0n) is 14.4. The first-order chi connectivity index (χ1) is 13.5. The van der Waals surface area contributed by atoms with E-state index in [2.05, 4.69) is 0 Å². The van der Waals surface area contributed by atoms with Crippen molar-refractivity contribution >= 4 is 35.1 Å². The van der Waals surface area contributed by atoms with E-state index in [1.807, 2.05) is 6.07 Å². The molecule has 0 N–H and O–H groups in total. The molecular weight excluding hydrogens is 402 g/mol. The standard InChI is InChI=1S/C22H13Cl2FO3/c23-18-8-3-14(9-19(18)24)12-27-16-6-7-17-20(11-16)28-21(22(17)26)10-13-1-4-15(25)5-2-13/h1-11H,12H2. The number of Topliss-reactive ketones (excluding diaryl/α,β-unsaturated/α-hetero) is 1. The topological polar surface area (TPSA) is 35.5 Å². The summed E-state index contributed by atoms with van der Waals surface area (Å²) in [6, 6.07) is 16.1. The number of halogens is 3. The zero-order chi connectivity index (χ0) is 19.7. The number of fused-ring (bicyclic) bond motifs is 1. The van der Waals surface area contributed by atoms with Gasteiger partial charge in [-0.25, -0.2) is 4.39 Å². The fourth-order valence-corrected chi connectivity index (χ4v) is 3.08. The third-order valence-electron chi connectivity index (χ3n) is 4.20. The van der Waals surface area contributed by atoms with Gasteiger partial charge in [-0.15, -0.1) is 0 Å². The van der Waals surface area contributed by atoms with E-state index in [1.54, 1.807) is 48.5 Å². The Bertz CT molecular complexity index is 1090.